The highest BCUT2D eigenvalue weighted by molar-refractivity contribution is 6.01. The minimum Gasteiger partial charge on any atom is -0.506 e. The zero-order valence-electron chi connectivity index (χ0n) is 13.7. The lowest BCUT2D eigenvalue weighted by Gasteiger charge is -2.03. The van der Waals surface area contributed by atoms with Gasteiger partial charge in [0.1, 0.15) is 17.4 Å². The van der Waals surface area contributed by atoms with E-state index < -0.39 is 23.7 Å². The van der Waals surface area contributed by atoms with Gasteiger partial charge in [-0.3, -0.25) is 14.6 Å². The third kappa shape index (κ3) is 8.32. The zero-order chi connectivity index (χ0) is 19.6. The minimum atomic E-state index is -1.25. The largest absolute Gasteiger partial charge is 0.506 e. The highest BCUT2D eigenvalue weighted by Crippen LogP contribution is 2.22. The molecule has 0 radical (unpaired) electrons. The molecular formula is C15H22N4O6. The Morgan fingerprint density at radius 1 is 1.16 bits per heavy atom. The van der Waals surface area contributed by atoms with Crippen LogP contribution in [-0.2, 0) is 4.79 Å². The number of benzene rings is 1. The molecule has 9 N–H and O–H groups in total. The van der Waals surface area contributed by atoms with Gasteiger partial charge in [-0.05, 0) is 31.9 Å². The van der Waals surface area contributed by atoms with Crippen LogP contribution in [0.1, 0.15) is 40.5 Å². The second-order valence-corrected chi connectivity index (χ2v) is 4.96. The van der Waals surface area contributed by atoms with Crippen LogP contribution in [0.2, 0.25) is 0 Å². The number of hydrogen-bond acceptors (Lipinski definition) is 6. The van der Waals surface area contributed by atoms with Crippen LogP contribution < -0.4 is 17.2 Å². The number of hydrogen-bond donors (Lipinski definition) is 6. The van der Waals surface area contributed by atoms with E-state index >= 15 is 0 Å². The maximum Gasteiger partial charge on any atom is 0.339 e. The smallest absolute Gasteiger partial charge is 0.339 e. The minimum absolute atomic E-state index is 0.0129. The predicted molar refractivity (Wildman–Crippen MR) is 90.6 cm³/mol. The Bertz CT molecular complexity index is 623. The summed E-state index contributed by atoms with van der Waals surface area (Å²) < 4.78 is 0. The fourth-order valence-electron chi connectivity index (χ4n) is 1.64. The van der Waals surface area contributed by atoms with E-state index in [0.29, 0.717) is 19.4 Å². The molecular weight excluding hydrogens is 332 g/mol. The number of carboxylic acid groups (broad SMARTS) is 2. The Kier molecular flexibility index (Phi) is 9.27. The third-order valence-corrected chi connectivity index (χ3v) is 2.93. The van der Waals surface area contributed by atoms with Crippen molar-refractivity contribution in [2.75, 3.05) is 6.54 Å². The summed E-state index contributed by atoms with van der Waals surface area (Å²) in [7, 11) is 0. The molecule has 0 aliphatic carbocycles. The molecule has 0 bridgehead atoms. The molecule has 0 saturated heterocycles. The van der Waals surface area contributed by atoms with Gasteiger partial charge in [-0.2, -0.15) is 0 Å². The molecule has 0 spiro atoms. The number of aliphatic imine (C=N–C) groups is 1. The molecule has 0 saturated carbocycles. The Labute approximate surface area is 144 Å². The summed E-state index contributed by atoms with van der Waals surface area (Å²) in [6, 6.07) is 3.22. The highest BCUT2D eigenvalue weighted by atomic mass is 16.4. The lowest BCUT2D eigenvalue weighted by Crippen LogP contribution is -2.30. The van der Waals surface area contributed by atoms with Gasteiger partial charge in [-0.15, -0.1) is 0 Å². The van der Waals surface area contributed by atoms with Gasteiger partial charge < -0.3 is 32.5 Å². The second kappa shape index (κ2) is 10.6. The molecule has 10 heteroatoms. The maximum absolute atomic E-state index is 10.9. The summed E-state index contributed by atoms with van der Waals surface area (Å²) in [5, 5.41) is 26.3. The van der Waals surface area contributed by atoms with E-state index in [9.17, 15) is 19.5 Å². The Balaban J connectivity index is 0.000000463. The predicted octanol–water partition coefficient (Wildman–Crippen LogP) is -0.255. The molecule has 1 aromatic rings. The molecule has 1 rings (SSSR count). The van der Waals surface area contributed by atoms with E-state index in [4.69, 9.17) is 27.4 Å². The van der Waals surface area contributed by atoms with Gasteiger partial charge in [0.2, 0.25) is 0 Å². The summed E-state index contributed by atoms with van der Waals surface area (Å²) in [4.78, 5) is 35.3. The summed E-state index contributed by atoms with van der Waals surface area (Å²) in [5.41, 5.74) is 15.1. The molecule has 0 aromatic heterocycles. The second-order valence-electron chi connectivity index (χ2n) is 4.96. The van der Waals surface area contributed by atoms with Crippen molar-refractivity contribution in [2.24, 2.45) is 22.2 Å². The van der Waals surface area contributed by atoms with Crippen molar-refractivity contribution in [1.82, 2.24) is 0 Å². The van der Waals surface area contributed by atoms with Crippen LogP contribution in [0, 0.1) is 0 Å². The van der Waals surface area contributed by atoms with Gasteiger partial charge in [0.25, 0.3) is 0 Å². The monoisotopic (exact) mass is 354 g/mol. The Morgan fingerprint density at radius 2 is 1.72 bits per heavy atom. The molecule has 10 nitrogen and oxygen atoms in total. The SMILES string of the molecule is CC(=O)c1cccc(C(=O)O)c1O.NC(N)=NCCCC(N)C(=O)O. The number of guanidine groups is 1. The molecule has 25 heavy (non-hydrogen) atoms. The van der Waals surface area contributed by atoms with Gasteiger partial charge in [0.15, 0.2) is 11.7 Å². The van der Waals surface area contributed by atoms with Gasteiger partial charge in [-0.25, -0.2) is 4.79 Å². The number of carbonyl (C=O) groups is 3. The van der Waals surface area contributed by atoms with E-state index in [1.165, 1.54) is 25.1 Å². The molecule has 0 fully saturated rings. The van der Waals surface area contributed by atoms with Crippen molar-refractivity contribution in [1.29, 1.82) is 0 Å². The number of ketones is 1. The number of aliphatic carboxylic acids is 1. The zero-order valence-corrected chi connectivity index (χ0v) is 13.7. The molecule has 1 aromatic carbocycles. The van der Waals surface area contributed by atoms with E-state index in [-0.39, 0.29) is 22.9 Å². The van der Waals surface area contributed by atoms with Gasteiger partial charge in [0, 0.05) is 6.54 Å². The van der Waals surface area contributed by atoms with Crippen molar-refractivity contribution in [3.05, 3.63) is 29.3 Å². The third-order valence-electron chi connectivity index (χ3n) is 2.93. The number of Topliss-reactive ketones (excluding diaryl/α,β-unsaturated/α-hetero) is 1. The lowest BCUT2D eigenvalue weighted by molar-refractivity contribution is -0.138. The first-order valence-electron chi connectivity index (χ1n) is 7.17. The van der Waals surface area contributed by atoms with Gasteiger partial charge in [-0.1, -0.05) is 6.07 Å². The van der Waals surface area contributed by atoms with E-state index in [1.807, 2.05) is 0 Å². The van der Waals surface area contributed by atoms with Gasteiger partial charge in [0.05, 0.1) is 5.56 Å². The topological polar surface area (TPSA) is 202 Å². The fraction of sp³-hybridized carbons (Fsp3) is 0.333. The maximum atomic E-state index is 10.9. The standard InChI is InChI=1S/C9H8O4.C6H14N4O2/c1-5(10)6-3-2-4-7(8(6)11)9(12)13;7-4(5(11)12)2-1-3-10-6(8)9/h2-4,11H,1H3,(H,12,13);4H,1-3,7H2,(H,11,12)(H4,8,9,10). The Morgan fingerprint density at radius 3 is 2.16 bits per heavy atom. The van der Waals surface area contributed by atoms with Crippen LogP contribution in [0.25, 0.3) is 0 Å². The molecule has 1 unspecified atom stereocenters. The van der Waals surface area contributed by atoms with E-state index in [2.05, 4.69) is 4.99 Å². The normalized spacial score (nSPS) is 10.8. The fourth-order valence-corrected chi connectivity index (χ4v) is 1.64. The number of nitrogens with zero attached hydrogens (tertiary/aromatic N) is 1. The molecule has 0 aliphatic heterocycles. The summed E-state index contributed by atoms with van der Waals surface area (Å²) >= 11 is 0. The number of aromatic carboxylic acids is 1. The molecule has 138 valence electrons. The molecule has 0 aliphatic rings. The van der Waals surface area contributed by atoms with Crippen molar-refractivity contribution < 1.29 is 29.7 Å². The Hall–Kier alpha value is -3.14. The number of carboxylic acids is 2. The first-order valence-corrected chi connectivity index (χ1v) is 7.17. The average molecular weight is 354 g/mol. The number of nitrogens with two attached hydrogens (primary N) is 3. The van der Waals surface area contributed by atoms with Crippen molar-refractivity contribution in [2.45, 2.75) is 25.8 Å². The number of phenols is 1. The van der Waals surface area contributed by atoms with Crippen molar-refractivity contribution in [3.63, 3.8) is 0 Å². The molecule has 0 amide bonds. The van der Waals surface area contributed by atoms with Crippen LogP contribution in [0.3, 0.4) is 0 Å². The highest BCUT2D eigenvalue weighted by Gasteiger charge is 2.14. The van der Waals surface area contributed by atoms with Crippen LogP contribution >= 0.6 is 0 Å². The van der Waals surface area contributed by atoms with E-state index in [1.54, 1.807) is 0 Å². The average Bonchev–Trinajstić information content (AvgIpc) is 2.51. The summed E-state index contributed by atoms with van der Waals surface area (Å²) in [6.45, 7) is 1.68. The first-order chi connectivity index (χ1) is 11.6. The van der Waals surface area contributed by atoms with E-state index in [0.717, 1.165) is 0 Å². The van der Waals surface area contributed by atoms with Crippen LogP contribution in [0.15, 0.2) is 23.2 Å². The summed E-state index contributed by atoms with van der Waals surface area (Å²) in [5.74, 6) is -3.07. The lowest BCUT2D eigenvalue weighted by atomic mass is 10.1. The van der Waals surface area contributed by atoms with Crippen molar-refractivity contribution in [3.8, 4) is 5.75 Å². The summed E-state index contributed by atoms with van der Waals surface area (Å²) in [6.07, 6.45) is 0.956. The number of rotatable bonds is 7. The number of para-hydroxylation sites is 1. The number of carbonyl (C=O) groups excluding carboxylic acids is 1. The quantitative estimate of drug-likeness (QED) is 0.165. The van der Waals surface area contributed by atoms with Gasteiger partial charge >= 0.3 is 11.9 Å². The van der Waals surface area contributed by atoms with Crippen molar-refractivity contribution >= 4 is 23.7 Å². The van der Waals surface area contributed by atoms with Crippen LogP contribution in [-0.4, -0.2) is 51.6 Å². The first kappa shape index (κ1) is 21.9. The van der Waals surface area contributed by atoms with Crippen LogP contribution in [0.5, 0.6) is 5.75 Å². The number of aromatic hydroxyl groups is 1. The molecule has 0 heterocycles. The van der Waals surface area contributed by atoms with Crippen LogP contribution in [0.4, 0.5) is 0 Å². The molecule has 1 atom stereocenters.